The van der Waals surface area contributed by atoms with E-state index in [1.54, 1.807) is 6.20 Å². The number of hydrogen-bond donors (Lipinski definition) is 1. The number of nitrogens with zero attached hydrogens (tertiary/aromatic N) is 2. The topological polar surface area (TPSA) is 67.9 Å². The van der Waals surface area contributed by atoms with Gasteiger partial charge in [-0.25, -0.2) is 14.8 Å². The van der Waals surface area contributed by atoms with Crippen LogP contribution in [-0.4, -0.2) is 28.0 Å². The smallest absolute Gasteiger partial charge is 0.374 e. The van der Waals surface area contributed by atoms with Gasteiger partial charge in [0, 0.05) is 6.20 Å². The van der Waals surface area contributed by atoms with Crippen molar-refractivity contribution in [3.8, 4) is 0 Å². The number of carbonyl (C=O) groups is 1. The van der Waals surface area contributed by atoms with Crippen LogP contribution in [0.1, 0.15) is 16.2 Å². The lowest BCUT2D eigenvalue weighted by atomic mass is 10.3. The number of hydrogen-bond acceptors (Lipinski definition) is 4. The molecular weight excluding hydrogens is 182 g/mol. The predicted molar refractivity (Wildman–Crippen MR) is 50.0 cm³/mol. The summed E-state index contributed by atoms with van der Waals surface area (Å²) in [6, 6.07) is 1.88. The predicted octanol–water partition coefficient (Wildman–Crippen LogP) is 1.05. The Labute approximate surface area is 80.1 Å². The number of aromatic amines is 1. The highest BCUT2D eigenvalue weighted by Crippen LogP contribution is 2.10. The summed E-state index contributed by atoms with van der Waals surface area (Å²) in [6.45, 7) is 1.92. The molecule has 1 N–H and O–H groups in total. The number of fused-ring (bicyclic) bond motifs is 1. The number of methoxy groups -OCH3 is 1. The van der Waals surface area contributed by atoms with Crippen LogP contribution in [-0.2, 0) is 4.74 Å². The number of aromatic nitrogens is 3. The van der Waals surface area contributed by atoms with Gasteiger partial charge in [-0.15, -0.1) is 0 Å². The molecular formula is C9H9N3O2. The lowest BCUT2D eigenvalue weighted by Crippen LogP contribution is -2.02. The van der Waals surface area contributed by atoms with Crippen LogP contribution in [0, 0.1) is 6.92 Å². The second-order valence-corrected chi connectivity index (χ2v) is 2.96. The van der Waals surface area contributed by atoms with Crippen LogP contribution in [0.25, 0.3) is 11.2 Å². The molecule has 0 saturated heterocycles. The van der Waals surface area contributed by atoms with Gasteiger partial charge in [-0.1, -0.05) is 0 Å². The second-order valence-electron chi connectivity index (χ2n) is 2.96. The van der Waals surface area contributed by atoms with Gasteiger partial charge in [0.1, 0.15) is 0 Å². The highest BCUT2D eigenvalue weighted by Gasteiger charge is 2.11. The first-order valence-electron chi connectivity index (χ1n) is 4.11. The highest BCUT2D eigenvalue weighted by atomic mass is 16.5. The Morgan fingerprint density at radius 1 is 1.57 bits per heavy atom. The van der Waals surface area contributed by atoms with Crippen molar-refractivity contribution >= 4 is 17.1 Å². The molecule has 72 valence electrons. The van der Waals surface area contributed by atoms with Gasteiger partial charge in [0.25, 0.3) is 0 Å². The zero-order valence-electron chi connectivity index (χ0n) is 7.87. The third-order valence-electron chi connectivity index (χ3n) is 1.85. The van der Waals surface area contributed by atoms with Gasteiger partial charge in [-0.05, 0) is 18.6 Å². The quantitative estimate of drug-likeness (QED) is 0.684. The van der Waals surface area contributed by atoms with Gasteiger partial charge in [-0.3, -0.25) is 0 Å². The molecule has 2 heterocycles. The van der Waals surface area contributed by atoms with E-state index in [9.17, 15) is 4.79 Å². The maximum Gasteiger partial charge on any atom is 0.374 e. The molecule has 5 heteroatoms. The zero-order chi connectivity index (χ0) is 10.1. The molecule has 0 fully saturated rings. The first-order valence-corrected chi connectivity index (χ1v) is 4.11. The van der Waals surface area contributed by atoms with Crippen molar-refractivity contribution in [2.24, 2.45) is 0 Å². The fraction of sp³-hybridized carbons (Fsp3) is 0.222. The van der Waals surface area contributed by atoms with E-state index in [1.807, 2.05) is 13.0 Å². The molecule has 0 aromatic carbocycles. The normalized spacial score (nSPS) is 10.4. The van der Waals surface area contributed by atoms with Crippen LogP contribution in [0.2, 0.25) is 0 Å². The van der Waals surface area contributed by atoms with E-state index < -0.39 is 5.97 Å². The van der Waals surface area contributed by atoms with E-state index in [-0.39, 0.29) is 5.82 Å². The number of esters is 1. The molecule has 0 amide bonds. The number of ether oxygens (including phenoxy) is 1. The molecule has 0 aliphatic carbocycles. The molecule has 0 bridgehead atoms. The fourth-order valence-corrected chi connectivity index (χ4v) is 1.20. The largest absolute Gasteiger partial charge is 0.463 e. The van der Waals surface area contributed by atoms with Crippen LogP contribution in [0.3, 0.4) is 0 Å². The molecule has 0 radical (unpaired) electrons. The van der Waals surface area contributed by atoms with E-state index in [4.69, 9.17) is 0 Å². The zero-order valence-corrected chi connectivity index (χ0v) is 7.87. The molecule has 5 nitrogen and oxygen atoms in total. The second kappa shape index (κ2) is 3.10. The molecule has 0 atom stereocenters. The molecule has 2 rings (SSSR count). The number of pyridine rings is 1. The summed E-state index contributed by atoms with van der Waals surface area (Å²) < 4.78 is 4.54. The summed E-state index contributed by atoms with van der Waals surface area (Å²) in [5, 5.41) is 0. The maximum atomic E-state index is 11.1. The molecule has 2 aromatic heterocycles. The first kappa shape index (κ1) is 8.68. The van der Waals surface area contributed by atoms with E-state index in [0.29, 0.717) is 5.65 Å². The Morgan fingerprint density at radius 2 is 2.36 bits per heavy atom. The number of aryl methyl sites for hydroxylation is 1. The molecule has 0 aliphatic rings. The summed E-state index contributed by atoms with van der Waals surface area (Å²) in [5.41, 5.74) is 2.28. The lowest BCUT2D eigenvalue weighted by Gasteiger charge is -1.90. The maximum absolute atomic E-state index is 11.1. The van der Waals surface area contributed by atoms with Crippen LogP contribution >= 0.6 is 0 Å². The van der Waals surface area contributed by atoms with Gasteiger partial charge < -0.3 is 9.72 Å². The minimum Gasteiger partial charge on any atom is -0.463 e. The van der Waals surface area contributed by atoms with Gasteiger partial charge in [0.05, 0.1) is 12.6 Å². The van der Waals surface area contributed by atoms with Crippen molar-refractivity contribution < 1.29 is 9.53 Å². The standard InChI is InChI=1S/C9H9N3O2/c1-5-3-6-7(10-4-5)12-8(11-6)9(13)14-2/h3-4H,1-2H3,(H,10,11,12). The average Bonchev–Trinajstić information content (AvgIpc) is 2.59. The summed E-state index contributed by atoms with van der Waals surface area (Å²) >= 11 is 0. The van der Waals surface area contributed by atoms with Crippen molar-refractivity contribution in [3.05, 3.63) is 23.7 Å². The van der Waals surface area contributed by atoms with Gasteiger partial charge in [-0.2, -0.15) is 0 Å². The minimum atomic E-state index is -0.486. The molecule has 0 saturated carbocycles. The van der Waals surface area contributed by atoms with E-state index >= 15 is 0 Å². The van der Waals surface area contributed by atoms with Crippen molar-refractivity contribution in [3.63, 3.8) is 0 Å². The number of nitrogens with one attached hydrogen (secondary N) is 1. The van der Waals surface area contributed by atoms with E-state index in [2.05, 4.69) is 19.7 Å². The monoisotopic (exact) mass is 191 g/mol. The molecule has 2 aromatic rings. The highest BCUT2D eigenvalue weighted by molar-refractivity contribution is 5.89. The van der Waals surface area contributed by atoms with Gasteiger partial charge >= 0.3 is 5.97 Å². The third kappa shape index (κ3) is 1.32. The fourth-order valence-electron chi connectivity index (χ4n) is 1.20. The van der Waals surface area contributed by atoms with Crippen LogP contribution in [0.5, 0.6) is 0 Å². The minimum absolute atomic E-state index is 0.181. The molecule has 14 heavy (non-hydrogen) atoms. The Kier molecular flexibility index (Phi) is 1.92. The Bertz CT molecular complexity index is 490. The Balaban J connectivity index is 2.56. The lowest BCUT2D eigenvalue weighted by molar-refractivity contribution is 0.0588. The van der Waals surface area contributed by atoms with Crippen molar-refractivity contribution in [1.82, 2.24) is 15.0 Å². The van der Waals surface area contributed by atoms with Crippen LogP contribution in [0.4, 0.5) is 0 Å². The van der Waals surface area contributed by atoms with Crippen LogP contribution < -0.4 is 0 Å². The summed E-state index contributed by atoms with van der Waals surface area (Å²) in [5.74, 6) is -0.304. The number of H-pyrrole nitrogens is 1. The van der Waals surface area contributed by atoms with Crippen molar-refractivity contribution in [2.75, 3.05) is 7.11 Å². The summed E-state index contributed by atoms with van der Waals surface area (Å²) in [6.07, 6.45) is 1.70. The molecule has 0 spiro atoms. The number of rotatable bonds is 1. The first-order chi connectivity index (χ1) is 6.70. The Hall–Kier alpha value is -1.91. The number of carbonyl (C=O) groups excluding carboxylic acids is 1. The van der Waals surface area contributed by atoms with Crippen molar-refractivity contribution in [1.29, 1.82) is 0 Å². The van der Waals surface area contributed by atoms with Gasteiger partial charge in [0.2, 0.25) is 5.82 Å². The summed E-state index contributed by atoms with van der Waals surface area (Å²) in [7, 11) is 1.31. The summed E-state index contributed by atoms with van der Waals surface area (Å²) in [4.78, 5) is 22.0. The van der Waals surface area contributed by atoms with Crippen LogP contribution in [0.15, 0.2) is 12.3 Å². The number of imidazole rings is 1. The molecule has 0 unspecified atom stereocenters. The molecule has 0 aliphatic heterocycles. The van der Waals surface area contributed by atoms with Crippen molar-refractivity contribution in [2.45, 2.75) is 6.92 Å². The SMILES string of the molecule is COC(=O)c1nc2ncc(C)cc2[nH]1. The van der Waals surface area contributed by atoms with E-state index in [0.717, 1.165) is 11.1 Å². The third-order valence-corrected chi connectivity index (χ3v) is 1.85. The Morgan fingerprint density at radius 3 is 3.07 bits per heavy atom. The van der Waals surface area contributed by atoms with E-state index in [1.165, 1.54) is 7.11 Å². The average molecular weight is 191 g/mol. The van der Waals surface area contributed by atoms with Gasteiger partial charge in [0.15, 0.2) is 5.65 Å².